The van der Waals surface area contributed by atoms with Gasteiger partial charge in [0.15, 0.2) is 0 Å². The molecule has 2 nitrogen and oxygen atoms in total. The highest BCUT2D eigenvalue weighted by atomic mass is 15.3. The standard InChI is InChI=1S/C8H11N2/c1-8(2)9-10-6-4-3-5-7-10/h3-7H,1-2H3/q+1. The van der Waals surface area contributed by atoms with Gasteiger partial charge in [0.1, 0.15) is 0 Å². The Balaban J connectivity index is 2.87. The molecule has 0 bridgehead atoms. The van der Waals surface area contributed by atoms with Crippen LogP contribution in [0.5, 0.6) is 0 Å². The van der Waals surface area contributed by atoms with Crippen LogP contribution in [0.15, 0.2) is 35.7 Å². The molecule has 0 radical (unpaired) electrons. The first-order valence-corrected chi connectivity index (χ1v) is 3.27. The number of nitrogens with zero attached hydrogens (tertiary/aromatic N) is 2. The van der Waals surface area contributed by atoms with E-state index < -0.39 is 0 Å². The van der Waals surface area contributed by atoms with Crippen molar-refractivity contribution in [3.63, 3.8) is 0 Å². The second-order valence-electron chi connectivity index (χ2n) is 2.30. The van der Waals surface area contributed by atoms with Gasteiger partial charge in [0.2, 0.25) is 12.4 Å². The molecule has 0 saturated heterocycles. The van der Waals surface area contributed by atoms with Gasteiger partial charge in [-0.2, -0.15) is 0 Å². The summed E-state index contributed by atoms with van der Waals surface area (Å²) in [5.41, 5.74) is 1.05. The molecule has 1 rings (SSSR count). The summed E-state index contributed by atoms with van der Waals surface area (Å²) in [6.07, 6.45) is 3.82. The summed E-state index contributed by atoms with van der Waals surface area (Å²) in [5.74, 6) is 0. The molecule has 1 heterocycles. The molecule has 52 valence electrons. The van der Waals surface area contributed by atoms with Crippen molar-refractivity contribution in [1.82, 2.24) is 0 Å². The lowest BCUT2D eigenvalue weighted by atomic mass is 10.5. The summed E-state index contributed by atoms with van der Waals surface area (Å²) >= 11 is 0. The number of aromatic nitrogens is 1. The van der Waals surface area contributed by atoms with Crippen molar-refractivity contribution in [3.05, 3.63) is 30.6 Å². The SMILES string of the molecule is CC(C)=N[n+]1ccccc1. The Labute approximate surface area is 60.8 Å². The zero-order valence-corrected chi connectivity index (χ0v) is 6.28. The Hall–Kier alpha value is -1.18. The molecule has 0 saturated carbocycles. The maximum absolute atomic E-state index is 4.19. The van der Waals surface area contributed by atoms with E-state index in [2.05, 4.69) is 5.10 Å². The molecule has 0 N–H and O–H groups in total. The first-order valence-electron chi connectivity index (χ1n) is 3.27. The van der Waals surface area contributed by atoms with E-state index in [0.717, 1.165) is 5.71 Å². The second-order valence-corrected chi connectivity index (χ2v) is 2.30. The highest BCUT2D eigenvalue weighted by molar-refractivity contribution is 5.78. The van der Waals surface area contributed by atoms with Gasteiger partial charge in [-0.3, -0.25) is 0 Å². The van der Waals surface area contributed by atoms with Gasteiger partial charge in [-0.05, 0) is 18.9 Å². The van der Waals surface area contributed by atoms with Crippen LogP contribution in [0.4, 0.5) is 0 Å². The van der Waals surface area contributed by atoms with E-state index in [9.17, 15) is 0 Å². The fraction of sp³-hybridized carbons (Fsp3) is 0.250. The lowest BCUT2D eigenvalue weighted by Crippen LogP contribution is -2.26. The van der Waals surface area contributed by atoms with Crippen molar-refractivity contribution in [2.75, 3.05) is 0 Å². The Morgan fingerprint density at radius 2 is 1.70 bits per heavy atom. The minimum atomic E-state index is 1.05. The quantitative estimate of drug-likeness (QED) is 0.406. The van der Waals surface area contributed by atoms with Gasteiger partial charge in [-0.15, -0.1) is 0 Å². The van der Waals surface area contributed by atoms with E-state index in [1.807, 2.05) is 44.4 Å². The molecule has 0 aliphatic carbocycles. The lowest BCUT2D eigenvalue weighted by molar-refractivity contribution is -0.678. The zero-order chi connectivity index (χ0) is 7.40. The van der Waals surface area contributed by atoms with Crippen LogP contribution in [0.1, 0.15) is 13.8 Å². The van der Waals surface area contributed by atoms with Crippen LogP contribution in [0.25, 0.3) is 0 Å². The van der Waals surface area contributed by atoms with Gasteiger partial charge >= 0.3 is 0 Å². The molecule has 1 aromatic heterocycles. The Morgan fingerprint density at radius 3 is 2.20 bits per heavy atom. The van der Waals surface area contributed by atoms with Gasteiger partial charge < -0.3 is 0 Å². The van der Waals surface area contributed by atoms with Crippen LogP contribution in [0.3, 0.4) is 0 Å². The van der Waals surface area contributed by atoms with Crippen LogP contribution in [-0.4, -0.2) is 5.71 Å². The van der Waals surface area contributed by atoms with E-state index >= 15 is 0 Å². The minimum absolute atomic E-state index is 1.05. The molecule has 0 spiro atoms. The van der Waals surface area contributed by atoms with Crippen molar-refractivity contribution in [1.29, 1.82) is 0 Å². The summed E-state index contributed by atoms with van der Waals surface area (Å²) in [6.45, 7) is 3.94. The van der Waals surface area contributed by atoms with E-state index in [1.165, 1.54) is 0 Å². The first-order chi connectivity index (χ1) is 4.79. The molecule has 0 aliphatic heterocycles. The zero-order valence-electron chi connectivity index (χ0n) is 6.28. The van der Waals surface area contributed by atoms with Crippen molar-refractivity contribution in [3.8, 4) is 0 Å². The average Bonchev–Trinajstić information content (AvgIpc) is 1.88. The van der Waals surface area contributed by atoms with Crippen molar-refractivity contribution >= 4 is 5.71 Å². The molecule has 0 fully saturated rings. The third-order valence-electron chi connectivity index (χ3n) is 1.02. The molecule has 0 aromatic carbocycles. The molecule has 10 heavy (non-hydrogen) atoms. The van der Waals surface area contributed by atoms with Crippen LogP contribution in [0.2, 0.25) is 0 Å². The summed E-state index contributed by atoms with van der Waals surface area (Å²) in [5, 5.41) is 4.19. The molecule has 0 atom stereocenters. The van der Waals surface area contributed by atoms with E-state index in [4.69, 9.17) is 0 Å². The molecule has 0 aliphatic rings. The third kappa shape index (κ3) is 1.97. The summed E-state index contributed by atoms with van der Waals surface area (Å²) < 4.78 is 1.79. The van der Waals surface area contributed by atoms with Crippen LogP contribution in [0, 0.1) is 0 Å². The Morgan fingerprint density at radius 1 is 1.10 bits per heavy atom. The number of hydrogen-bond donors (Lipinski definition) is 0. The lowest BCUT2D eigenvalue weighted by Gasteiger charge is -1.83. The molecule has 1 aromatic rings. The largest absolute Gasteiger partial charge is 0.202 e. The number of hydrogen-bond acceptors (Lipinski definition) is 1. The van der Waals surface area contributed by atoms with E-state index in [1.54, 1.807) is 4.68 Å². The van der Waals surface area contributed by atoms with Crippen LogP contribution in [-0.2, 0) is 0 Å². The van der Waals surface area contributed by atoms with Crippen molar-refractivity contribution < 1.29 is 4.68 Å². The smallest absolute Gasteiger partial charge is 0.0597 e. The molecule has 0 unspecified atom stereocenters. The number of pyridine rings is 1. The Bertz CT molecular complexity index is 222. The predicted molar refractivity (Wildman–Crippen MR) is 40.8 cm³/mol. The fourth-order valence-electron chi connectivity index (χ4n) is 0.687. The molecular formula is C8H11N2+. The van der Waals surface area contributed by atoms with Gasteiger partial charge in [0.25, 0.3) is 0 Å². The average molecular weight is 135 g/mol. The van der Waals surface area contributed by atoms with Gasteiger partial charge in [0, 0.05) is 12.1 Å². The van der Waals surface area contributed by atoms with Gasteiger partial charge in [0.05, 0.1) is 5.71 Å². The van der Waals surface area contributed by atoms with Gasteiger partial charge in [-0.1, -0.05) is 10.7 Å². The van der Waals surface area contributed by atoms with Crippen LogP contribution >= 0.6 is 0 Å². The summed E-state index contributed by atoms with van der Waals surface area (Å²) in [7, 11) is 0. The van der Waals surface area contributed by atoms with E-state index in [0.29, 0.717) is 0 Å². The number of rotatable bonds is 1. The normalized spacial score (nSPS) is 9.00. The second kappa shape index (κ2) is 3.11. The first kappa shape index (κ1) is 6.93. The maximum Gasteiger partial charge on any atom is 0.202 e. The molecule has 2 heteroatoms. The third-order valence-corrected chi connectivity index (χ3v) is 1.02. The predicted octanol–water partition coefficient (Wildman–Crippen LogP) is 1.22. The highest BCUT2D eigenvalue weighted by Crippen LogP contribution is 1.76. The molecular weight excluding hydrogens is 124 g/mol. The van der Waals surface area contributed by atoms with Crippen molar-refractivity contribution in [2.45, 2.75) is 13.8 Å². The topological polar surface area (TPSA) is 16.2 Å². The summed E-state index contributed by atoms with van der Waals surface area (Å²) in [4.78, 5) is 0. The monoisotopic (exact) mass is 135 g/mol. The Kier molecular flexibility index (Phi) is 2.15. The highest BCUT2D eigenvalue weighted by Gasteiger charge is 1.90. The minimum Gasteiger partial charge on any atom is -0.0597 e. The molecule has 0 amide bonds. The fourth-order valence-corrected chi connectivity index (χ4v) is 0.687. The maximum atomic E-state index is 4.19. The van der Waals surface area contributed by atoms with Crippen molar-refractivity contribution in [2.24, 2.45) is 5.10 Å². The van der Waals surface area contributed by atoms with Gasteiger partial charge in [-0.25, -0.2) is 0 Å². The van der Waals surface area contributed by atoms with Crippen LogP contribution < -0.4 is 4.68 Å². The van der Waals surface area contributed by atoms with E-state index in [-0.39, 0.29) is 0 Å². The summed E-state index contributed by atoms with van der Waals surface area (Å²) in [6, 6.07) is 5.87.